The number of aliphatic carboxylic acids is 1. The number of non-ortho nitro benzene ring substituents is 1. The van der Waals surface area contributed by atoms with Gasteiger partial charge in [-0.25, -0.2) is 4.79 Å². The third-order valence-corrected chi connectivity index (χ3v) is 4.47. The summed E-state index contributed by atoms with van der Waals surface area (Å²) in [5.74, 6) is -0.913. The van der Waals surface area contributed by atoms with E-state index in [1.54, 1.807) is 19.1 Å². The van der Waals surface area contributed by atoms with Crippen molar-refractivity contribution in [3.63, 3.8) is 0 Å². The zero-order valence-electron chi connectivity index (χ0n) is 13.7. The maximum absolute atomic E-state index is 12.4. The number of carboxylic acid groups (broad SMARTS) is 1. The summed E-state index contributed by atoms with van der Waals surface area (Å²) in [5.41, 5.74) is -0.301. The number of carbonyl (C=O) groups excluding carboxylic acids is 1. The first-order chi connectivity index (χ1) is 11.3. The van der Waals surface area contributed by atoms with E-state index in [9.17, 15) is 24.8 Å². The van der Waals surface area contributed by atoms with Gasteiger partial charge in [0.15, 0.2) is 0 Å². The molecular formula is C16H21N3O5. The molecule has 2 unspecified atom stereocenters. The van der Waals surface area contributed by atoms with Crippen LogP contribution in [-0.4, -0.2) is 40.0 Å². The SMILES string of the molecule is CCC(NC(=O)N1CCC(C)(C(=O)O)C1)c1cccc([N+](=O)[O-])c1. The summed E-state index contributed by atoms with van der Waals surface area (Å²) < 4.78 is 0. The van der Waals surface area contributed by atoms with Gasteiger partial charge in [-0.1, -0.05) is 19.1 Å². The fourth-order valence-corrected chi connectivity index (χ4v) is 2.83. The average molecular weight is 335 g/mol. The highest BCUT2D eigenvalue weighted by atomic mass is 16.6. The largest absolute Gasteiger partial charge is 0.481 e. The van der Waals surface area contributed by atoms with Crippen LogP contribution in [0.4, 0.5) is 10.5 Å². The third kappa shape index (κ3) is 3.64. The van der Waals surface area contributed by atoms with Crippen LogP contribution in [0.2, 0.25) is 0 Å². The molecule has 24 heavy (non-hydrogen) atoms. The molecule has 8 heteroatoms. The second-order valence-corrected chi connectivity index (χ2v) is 6.30. The summed E-state index contributed by atoms with van der Waals surface area (Å²) in [6.45, 7) is 4.02. The lowest BCUT2D eigenvalue weighted by Gasteiger charge is -2.24. The minimum atomic E-state index is -0.926. The molecule has 130 valence electrons. The smallest absolute Gasteiger partial charge is 0.317 e. The molecule has 1 aromatic carbocycles. The number of nitro benzene ring substituents is 1. The normalized spacial score (nSPS) is 21.3. The predicted molar refractivity (Wildman–Crippen MR) is 86.6 cm³/mol. The first-order valence-electron chi connectivity index (χ1n) is 7.80. The number of nitrogens with one attached hydrogen (secondary N) is 1. The van der Waals surface area contributed by atoms with E-state index in [4.69, 9.17) is 0 Å². The molecule has 1 aliphatic rings. The van der Waals surface area contributed by atoms with E-state index in [0.717, 1.165) is 0 Å². The summed E-state index contributed by atoms with van der Waals surface area (Å²) >= 11 is 0. The lowest BCUT2D eigenvalue weighted by atomic mass is 9.90. The zero-order chi connectivity index (χ0) is 17.9. The molecule has 1 fully saturated rings. The van der Waals surface area contributed by atoms with Crippen molar-refractivity contribution in [3.05, 3.63) is 39.9 Å². The number of hydrogen-bond donors (Lipinski definition) is 2. The van der Waals surface area contributed by atoms with Crippen LogP contribution in [-0.2, 0) is 4.79 Å². The van der Waals surface area contributed by atoms with Crippen molar-refractivity contribution in [2.75, 3.05) is 13.1 Å². The van der Waals surface area contributed by atoms with E-state index in [1.807, 2.05) is 6.92 Å². The Balaban J connectivity index is 2.08. The second-order valence-electron chi connectivity index (χ2n) is 6.30. The standard InChI is InChI=1S/C16H21N3O5/c1-3-13(11-5-4-6-12(9-11)19(23)24)17-15(22)18-8-7-16(2,10-18)14(20)21/h4-6,9,13H,3,7-8,10H2,1-2H3,(H,17,22)(H,20,21). The molecule has 2 amide bonds. The third-order valence-electron chi connectivity index (χ3n) is 4.47. The zero-order valence-corrected chi connectivity index (χ0v) is 13.7. The van der Waals surface area contributed by atoms with Gasteiger partial charge in [-0.3, -0.25) is 14.9 Å². The number of carboxylic acids is 1. The van der Waals surface area contributed by atoms with Gasteiger partial charge >= 0.3 is 12.0 Å². The lowest BCUT2D eigenvalue weighted by molar-refractivity contribution is -0.384. The number of likely N-dealkylation sites (tertiary alicyclic amines) is 1. The number of amides is 2. The van der Waals surface area contributed by atoms with Gasteiger partial charge in [0.2, 0.25) is 0 Å². The lowest BCUT2D eigenvalue weighted by Crippen LogP contribution is -2.42. The Bertz CT molecular complexity index is 663. The van der Waals surface area contributed by atoms with Crippen LogP contribution in [0.5, 0.6) is 0 Å². The summed E-state index contributed by atoms with van der Waals surface area (Å²) in [6.07, 6.45) is 0.973. The highest BCUT2D eigenvalue weighted by Crippen LogP contribution is 2.30. The fourth-order valence-electron chi connectivity index (χ4n) is 2.83. The highest BCUT2D eigenvalue weighted by Gasteiger charge is 2.42. The summed E-state index contributed by atoms with van der Waals surface area (Å²) in [4.78, 5) is 35.6. The molecule has 0 radical (unpaired) electrons. The van der Waals surface area contributed by atoms with Crippen molar-refractivity contribution in [2.24, 2.45) is 5.41 Å². The Labute approximate surface area is 139 Å². The number of benzene rings is 1. The van der Waals surface area contributed by atoms with Crippen LogP contribution >= 0.6 is 0 Å². The summed E-state index contributed by atoms with van der Waals surface area (Å²) in [7, 11) is 0. The summed E-state index contributed by atoms with van der Waals surface area (Å²) in [6, 6.07) is 5.44. The van der Waals surface area contributed by atoms with Crippen molar-refractivity contribution in [1.29, 1.82) is 0 Å². The Morgan fingerprint density at radius 3 is 2.75 bits per heavy atom. The van der Waals surface area contributed by atoms with Crippen LogP contribution in [0.15, 0.2) is 24.3 Å². The van der Waals surface area contributed by atoms with Gasteiger partial charge in [-0.15, -0.1) is 0 Å². The Hall–Kier alpha value is -2.64. The van der Waals surface area contributed by atoms with Crippen LogP contribution < -0.4 is 5.32 Å². The number of urea groups is 1. The van der Waals surface area contributed by atoms with E-state index < -0.39 is 16.3 Å². The minimum Gasteiger partial charge on any atom is -0.481 e. The van der Waals surface area contributed by atoms with Crippen LogP contribution in [0.3, 0.4) is 0 Å². The second kappa shape index (κ2) is 6.86. The maximum atomic E-state index is 12.4. The molecule has 1 saturated heterocycles. The van der Waals surface area contributed by atoms with Crippen LogP contribution in [0.1, 0.15) is 38.3 Å². The van der Waals surface area contributed by atoms with Gasteiger partial charge in [0, 0.05) is 25.2 Å². The molecule has 0 bridgehead atoms. The molecule has 1 aromatic rings. The van der Waals surface area contributed by atoms with E-state index >= 15 is 0 Å². The summed E-state index contributed by atoms with van der Waals surface area (Å²) in [5, 5.41) is 23.0. The molecular weight excluding hydrogens is 314 g/mol. The van der Waals surface area contributed by atoms with Gasteiger partial charge in [-0.05, 0) is 25.3 Å². The molecule has 1 aliphatic heterocycles. The number of hydrogen-bond acceptors (Lipinski definition) is 4. The predicted octanol–water partition coefficient (Wildman–Crippen LogP) is 2.55. The molecule has 0 aliphatic carbocycles. The van der Waals surface area contributed by atoms with Gasteiger partial charge in [-0.2, -0.15) is 0 Å². The molecule has 0 aromatic heterocycles. The van der Waals surface area contributed by atoms with Crippen molar-refractivity contribution >= 4 is 17.7 Å². The van der Waals surface area contributed by atoms with E-state index in [-0.39, 0.29) is 24.3 Å². The minimum absolute atomic E-state index is 0.0279. The molecule has 0 saturated carbocycles. The Morgan fingerprint density at radius 1 is 1.50 bits per heavy atom. The number of rotatable bonds is 5. The monoisotopic (exact) mass is 335 g/mol. The number of nitro groups is 1. The maximum Gasteiger partial charge on any atom is 0.317 e. The molecule has 2 N–H and O–H groups in total. The molecule has 8 nitrogen and oxygen atoms in total. The average Bonchev–Trinajstić information content (AvgIpc) is 2.96. The fraction of sp³-hybridized carbons (Fsp3) is 0.500. The van der Waals surface area contributed by atoms with Gasteiger partial charge < -0.3 is 15.3 Å². The quantitative estimate of drug-likeness (QED) is 0.634. The Morgan fingerprint density at radius 2 is 2.21 bits per heavy atom. The molecule has 2 rings (SSSR count). The first kappa shape index (κ1) is 17.7. The van der Waals surface area contributed by atoms with Gasteiger partial charge in [0.05, 0.1) is 16.4 Å². The van der Waals surface area contributed by atoms with E-state index in [0.29, 0.717) is 24.9 Å². The van der Waals surface area contributed by atoms with Crippen molar-refractivity contribution < 1.29 is 19.6 Å². The highest BCUT2D eigenvalue weighted by molar-refractivity contribution is 5.79. The van der Waals surface area contributed by atoms with Crippen molar-refractivity contribution in [2.45, 2.75) is 32.7 Å². The van der Waals surface area contributed by atoms with Gasteiger partial charge in [0.1, 0.15) is 0 Å². The Kier molecular flexibility index (Phi) is 5.06. The first-order valence-corrected chi connectivity index (χ1v) is 7.80. The molecule has 1 heterocycles. The van der Waals surface area contributed by atoms with E-state index in [1.165, 1.54) is 17.0 Å². The topological polar surface area (TPSA) is 113 Å². The molecule has 2 atom stereocenters. The number of carbonyl (C=O) groups is 2. The molecule has 0 spiro atoms. The van der Waals surface area contributed by atoms with Gasteiger partial charge in [0.25, 0.3) is 5.69 Å². The van der Waals surface area contributed by atoms with Crippen molar-refractivity contribution in [1.82, 2.24) is 10.2 Å². The van der Waals surface area contributed by atoms with Crippen LogP contribution in [0, 0.1) is 15.5 Å². The van der Waals surface area contributed by atoms with E-state index in [2.05, 4.69) is 5.32 Å². The number of nitrogens with zero attached hydrogens (tertiary/aromatic N) is 2. The van der Waals surface area contributed by atoms with Crippen molar-refractivity contribution in [3.8, 4) is 0 Å². The van der Waals surface area contributed by atoms with Crippen LogP contribution in [0.25, 0.3) is 0 Å².